The number of fused-ring (bicyclic) bond motifs is 9. The number of aromatic nitrogens is 1. The zero-order valence-corrected chi connectivity index (χ0v) is 27.3. The third kappa shape index (κ3) is 5.10. The average Bonchev–Trinajstić information content (AvgIpc) is 3.83. The first-order valence-corrected chi connectivity index (χ1v) is 17.2. The van der Waals surface area contributed by atoms with Crippen molar-refractivity contribution in [2.75, 3.05) is 23.9 Å². The molecule has 4 aliphatic rings. The summed E-state index contributed by atoms with van der Waals surface area (Å²) in [7, 11) is 1.49. The number of nitrogens with zero attached hydrogens (tertiary/aromatic N) is 2. The first kappa shape index (κ1) is 31.3. The minimum absolute atomic E-state index is 0.0420. The van der Waals surface area contributed by atoms with Gasteiger partial charge in [0.25, 0.3) is 11.6 Å². The van der Waals surface area contributed by atoms with Crippen molar-refractivity contribution in [3.05, 3.63) is 103 Å². The van der Waals surface area contributed by atoms with E-state index in [1.807, 2.05) is 12.1 Å². The second-order valence-corrected chi connectivity index (χ2v) is 14.7. The highest BCUT2D eigenvalue weighted by Gasteiger charge is 2.69. The third-order valence-electron chi connectivity index (χ3n) is 10.1. The predicted octanol–water partition coefficient (Wildman–Crippen LogP) is 5.19. The molecule has 2 N–H and O–H groups in total. The number of carbonyl (C=O) groups excluding carboxylic acids is 3. The lowest BCUT2D eigenvalue weighted by Crippen LogP contribution is -2.42. The maximum atomic E-state index is 14.0. The largest absolute Gasteiger partial charge is 0.493 e. The van der Waals surface area contributed by atoms with Gasteiger partial charge in [-0.3, -0.25) is 34.2 Å². The van der Waals surface area contributed by atoms with Crippen LogP contribution in [0.2, 0.25) is 0 Å². The number of halogens is 1. The minimum Gasteiger partial charge on any atom is -0.493 e. The number of anilines is 2. The van der Waals surface area contributed by atoms with Gasteiger partial charge in [0.15, 0.2) is 18.1 Å². The van der Waals surface area contributed by atoms with E-state index in [1.165, 1.54) is 60.5 Å². The number of rotatable bonds is 8. The summed E-state index contributed by atoms with van der Waals surface area (Å²) in [6, 6.07) is 16.2. The number of non-ortho nitro benzene ring substituents is 1. The number of thiazole rings is 1. The van der Waals surface area contributed by atoms with Crippen molar-refractivity contribution < 1.29 is 33.2 Å². The van der Waals surface area contributed by atoms with Crippen LogP contribution in [0.25, 0.3) is 0 Å². The number of imide groups is 1. The second-order valence-electron chi connectivity index (χ2n) is 12.5. The lowest BCUT2D eigenvalue weighted by Gasteiger charge is -2.43. The van der Waals surface area contributed by atoms with Gasteiger partial charge in [-0.05, 0) is 78.3 Å². The van der Waals surface area contributed by atoms with Crippen molar-refractivity contribution in [3.63, 3.8) is 0 Å². The summed E-state index contributed by atoms with van der Waals surface area (Å²) in [4.78, 5) is 68.5. The molecule has 1 aromatic heterocycles. The molecule has 1 saturated heterocycles. The number of hydrogen-bond acceptors (Lipinski definition) is 10. The van der Waals surface area contributed by atoms with Crippen LogP contribution in [0.4, 0.5) is 21.5 Å². The fourth-order valence-corrected chi connectivity index (χ4v) is 11.1. The molecule has 8 rings (SSSR count). The number of amides is 3. The summed E-state index contributed by atoms with van der Waals surface area (Å²) in [5.74, 6) is -2.39. The van der Waals surface area contributed by atoms with Gasteiger partial charge in [0.1, 0.15) is 5.82 Å². The molecule has 3 heterocycles. The fraction of sp³-hybridized carbons (Fsp3) is 0.294. The molecule has 0 spiro atoms. The summed E-state index contributed by atoms with van der Waals surface area (Å²) in [6.07, 6.45) is 0.695. The summed E-state index contributed by atoms with van der Waals surface area (Å²) >= 11 is 2.70. The summed E-state index contributed by atoms with van der Waals surface area (Å²) in [5.41, 5.74) is 1.46. The Bertz CT molecular complexity index is 2080. The molecule has 3 aromatic carbocycles. The van der Waals surface area contributed by atoms with Gasteiger partial charge < -0.3 is 19.8 Å². The van der Waals surface area contributed by atoms with Crippen LogP contribution in [0.3, 0.4) is 0 Å². The van der Waals surface area contributed by atoms with Crippen molar-refractivity contribution >= 4 is 57.9 Å². The second kappa shape index (κ2) is 11.8. The van der Waals surface area contributed by atoms with Gasteiger partial charge in [0, 0.05) is 33.9 Å². The molecular weight excluding hydrogens is 676 g/mol. The van der Waals surface area contributed by atoms with Crippen LogP contribution >= 0.6 is 23.1 Å². The lowest BCUT2D eigenvalue weighted by molar-refractivity contribution is -0.384. The first-order valence-electron chi connectivity index (χ1n) is 15.5. The molecule has 7 atom stereocenters. The van der Waals surface area contributed by atoms with Crippen LogP contribution in [0.5, 0.6) is 11.5 Å². The number of aromatic amines is 1. The van der Waals surface area contributed by atoms with E-state index in [2.05, 4.69) is 10.3 Å². The smallest absolute Gasteiger partial charge is 0.305 e. The van der Waals surface area contributed by atoms with Crippen LogP contribution in [0, 0.1) is 45.5 Å². The van der Waals surface area contributed by atoms with Gasteiger partial charge in [0.2, 0.25) is 11.8 Å². The summed E-state index contributed by atoms with van der Waals surface area (Å²) in [6.45, 7) is -0.324. The molecule has 0 radical (unpaired) electrons. The Morgan fingerprint density at radius 1 is 1.02 bits per heavy atom. The van der Waals surface area contributed by atoms with Crippen molar-refractivity contribution in [2.24, 2.45) is 29.6 Å². The Kier molecular flexibility index (Phi) is 7.55. The molecule has 4 unspecified atom stereocenters. The van der Waals surface area contributed by atoms with Gasteiger partial charge in [-0.25, -0.2) is 4.39 Å². The highest BCUT2D eigenvalue weighted by atomic mass is 32.2. The number of benzene rings is 3. The van der Waals surface area contributed by atoms with Crippen LogP contribution < -0.4 is 24.6 Å². The predicted molar refractivity (Wildman–Crippen MR) is 178 cm³/mol. The highest BCUT2D eigenvalue weighted by Crippen LogP contribution is 2.68. The normalized spacial score (nSPS) is 26.2. The number of carbonyl (C=O) groups is 3. The molecule has 2 saturated carbocycles. The number of nitro benzene ring substituents is 1. The third-order valence-corrected chi connectivity index (χ3v) is 12.7. The Morgan fingerprint density at radius 2 is 1.73 bits per heavy atom. The van der Waals surface area contributed by atoms with E-state index in [0.717, 1.165) is 26.8 Å². The number of H-pyrrole nitrogens is 1. The van der Waals surface area contributed by atoms with Crippen LogP contribution in [-0.2, 0) is 14.4 Å². The zero-order valence-electron chi connectivity index (χ0n) is 25.7. The Labute approximate surface area is 285 Å². The number of thioether (sulfide) groups is 1. The standard InChI is InChI=1S/C34H27FN4O8S2/c1-46-23-12-15(2-11-22(23)47-14-24(40)36-17-5-3-16(35)4-6-17)25-26-20-13-21(29(26)48-31-30(25)49-34(43)37-31)28-27(20)32(41)38(33(28)42)18-7-9-19(10-8-18)39(44)45/h2-12,20-21,25-29H,13-14H2,1H3,(H,36,40)(H,37,43)/t20-,21-,25-,26?,27?,28?,29?/m1/s1. The van der Waals surface area contributed by atoms with E-state index in [0.29, 0.717) is 29.3 Å². The highest BCUT2D eigenvalue weighted by molar-refractivity contribution is 8.00. The molecule has 3 amide bonds. The topological polar surface area (TPSA) is 161 Å². The Balaban J connectivity index is 1.08. The Morgan fingerprint density at radius 3 is 2.43 bits per heavy atom. The summed E-state index contributed by atoms with van der Waals surface area (Å²) in [5, 5.41) is 14.5. The van der Waals surface area contributed by atoms with E-state index in [4.69, 9.17) is 9.47 Å². The van der Waals surface area contributed by atoms with Gasteiger partial charge >= 0.3 is 4.87 Å². The van der Waals surface area contributed by atoms with Gasteiger partial charge in [0.05, 0.1) is 34.6 Å². The number of ether oxygens (including phenoxy) is 2. The monoisotopic (exact) mass is 702 g/mol. The molecule has 2 aliphatic heterocycles. The van der Waals surface area contributed by atoms with Crippen molar-refractivity contribution in [1.29, 1.82) is 0 Å². The van der Waals surface area contributed by atoms with Gasteiger partial charge in [-0.1, -0.05) is 17.4 Å². The van der Waals surface area contributed by atoms with E-state index in [9.17, 15) is 33.7 Å². The molecule has 2 bridgehead atoms. The van der Waals surface area contributed by atoms with Crippen molar-refractivity contribution in [1.82, 2.24) is 4.98 Å². The molecular formula is C34H27FN4O8S2. The molecule has 15 heteroatoms. The lowest BCUT2D eigenvalue weighted by atomic mass is 9.68. The minimum atomic E-state index is -0.543. The van der Waals surface area contributed by atoms with Crippen molar-refractivity contribution in [2.45, 2.75) is 22.6 Å². The molecule has 2 aliphatic carbocycles. The number of nitro groups is 1. The molecule has 250 valence electrons. The SMILES string of the molecule is COc1cc([C@H]2c3sc(=O)[nH]c3SC3C2[C@H]2C[C@@H]3C3C(=O)N(c4ccc([N+](=O)[O-])cc4)C(=O)C32)ccc1OCC(=O)Nc1ccc(F)cc1. The fourth-order valence-electron chi connectivity index (χ4n) is 8.24. The first-order chi connectivity index (χ1) is 23.6. The van der Waals surface area contributed by atoms with E-state index < -0.39 is 28.5 Å². The molecule has 3 fully saturated rings. The zero-order chi connectivity index (χ0) is 34.1. The average molecular weight is 703 g/mol. The maximum Gasteiger partial charge on any atom is 0.305 e. The van der Waals surface area contributed by atoms with Crippen LogP contribution in [0.15, 0.2) is 76.6 Å². The molecule has 12 nitrogen and oxygen atoms in total. The van der Waals surface area contributed by atoms with E-state index in [-0.39, 0.29) is 57.9 Å². The number of hydrogen-bond donors (Lipinski definition) is 2. The van der Waals surface area contributed by atoms with Crippen LogP contribution in [-0.4, -0.2) is 46.6 Å². The Hall–Kier alpha value is -5.02. The number of methoxy groups -OCH3 is 1. The van der Waals surface area contributed by atoms with Crippen molar-refractivity contribution in [3.8, 4) is 11.5 Å². The maximum absolute atomic E-state index is 14.0. The van der Waals surface area contributed by atoms with Gasteiger partial charge in [-0.15, -0.1) is 11.8 Å². The quantitative estimate of drug-likeness (QED) is 0.143. The van der Waals surface area contributed by atoms with Crippen LogP contribution in [0.1, 0.15) is 22.8 Å². The summed E-state index contributed by atoms with van der Waals surface area (Å²) < 4.78 is 24.7. The number of nitrogens with one attached hydrogen (secondary N) is 2. The van der Waals surface area contributed by atoms with Gasteiger partial charge in [-0.2, -0.15) is 0 Å². The molecule has 4 aromatic rings. The van der Waals surface area contributed by atoms with E-state index >= 15 is 0 Å². The molecule has 49 heavy (non-hydrogen) atoms. The van der Waals surface area contributed by atoms with E-state index in [1.54, 1.807) is 17.8 Å².